The van der Waals surface area contributed by atoms with Crippen molar-refractivity contribution in [3.8, 4) is 0 Å². The lowest BCUT2D eigenvalue weighted by Gasteiger charge is -2.15. The molecule has 0 bridgehead atoms. The minimum absolute atomic E-state index is 0.191. The second-order valence-corrected chi connectivity index (χ2v) is 6.29. The van der Waals surface area contributed by atoms with Gasteiger partial charge in [0.05, 0.1) is 12.8 Å². The lowest BCUT2D eigenvalue weighted by atomic mass is 10.3. The standard InChI is InChI=1S/C12H24N4O3S/c1-4-11(10-19-3)15-20(17,18)12-8-14-16(9-12)7-5-6-13-2/h8-9,11,13,15H,4-7,10H2,1-3H3. The highest BCUT2D eigenvalue weighted by Gasteiger charge is 2.20. The Hall–Kier alpha value is -0.960. The second kappa shape index (κ2) is 8.35. The Morgan fingerprint density at radius 2 is 2.25 bits per heavy atom. The molecule has 0 fully saturated rings. The van der Waals surface area contributed by atoms with Gasteiger partial charge in [-0.1, -0.05) is 6.92 Å². The minimum Gasteiger partial charge on any atom is -0.383 e. The van der Waals surface area contributed by atoms with Crippen LogP contribution in [-0.4, -0.2) is 51.5 Å². The SMILES string of the molecule is CCC(COC)NS(=O)(=O)c1cnn(CCCNC)c1. The molecule has 0 aliphatic heterocycles. The Bertz CT molecular complexity index is 487. The summed E-state index contributed by atoms with van der Waals surface area (Å²) < 4.78 is 33.6. The first-order chi connectivity index (χ1) is 9.53. The fourth-order valence-corrected chi connectivity index (χ4v) is 3.00. The number of hydrogen-bond acceptors (Lipinski definition) is 5. The maximum absolute atomic E-state index is 12.2. The Morgan fingerprint density at radius 3 is 2.85 bits per heavy atom. The van der Waals surface area contributed by atoms with Gasteiger partial charge >= 0.3 is 0 Å². The summed E-state index contributed by atoms with van der Waals surface area (Å²) in [4.78, 5) is 0.191. The fourth-order valence-electron chi connectivity index (χ4n) is 1.75. The van der Waals surface area contributed by atoms with Crippen LogP contribution in [0.1, 0.15) is 19.8 Å². The van der Waals surface area contributed by atoms with E-state index in [1.807, 2.05) is 14.0 Å². The van der Waals surface area contributed by atoms with Crippen LogP contribution in [0.15, 0.2) is 17.3 Å². The molecule has 1 heterocycles. The minimum atomic E-state index is -3.53. The summed E-state index contributed by atoms with van der Waals surface area (Å²) in [6, 6.07) is -0.224. The predicted octanol–water partition coefficient (Wildman–Crippen LogP) is 0.196. The van der Waals surface area contributed by atoms with E-state index in [-0.39, 0.29) is 10.9 Å². The van der Waals surface area contributed by atoms with Crippen LogP contribution in [0.3, 0.4) is 0 Å². The molecule has 0 aromatic carbocycles. The van der Waals surface area contributed by atoms with Gasteiger partial charge in [0.1, 0.15) is 4.90 Å². The van der Waals surface area contributed by atoms with E-state index in [0.29, 0.717) is 19.6 Å². The summed E-state index contributed by atoms with van der Waals surface area (Å²) in [7, 11) is -0.102. The van der Waals surface area contributed by atoms with Crippen LogP contribution < -0.4 is 10.0 Å². The highest BCUT2D eigenvalue weighted by atomic mass is 32.2. The molecule has 0 spiro atoms. The van der Waals surface area contributed by atoms with Gasteiger partial charge in [-0.15, -0.1) is 0 Å². The summed E-state index contributed by atoms with van der Waals surface area (Å²) in [6.07, 6.45) is 4.49. The van der Waals surface area contributed by atoms with Crippen molar-refractivity contribution in [3.05, 3.63) is 12.4 Å². The molecule has 1 aromatic rings. The number of aryl methyl sites for hydroxylation is 1. The molecule has 0 saturated heterocycles. The normalized spacial score (nSPS) is 13.6. The maximum atomic E-state index is 12.2. The zero-order valence-corrected chi connectivity index (χ0v) is 13.1. The van der Waals surface area contributed by atoms with Gasteiger partial charge < -0.3 is 10.1 Å². The zero-order chi connectivity index (χ0) is 15.0. The van der Waals surface area contributed by atoms with Crippen molar-refractivity contribution in [1.82, 2.24) is 19.8 Å². The highest BCUT2D eigenvalue weighted by molar-refractivity contribution is 7.89. The molecule has 1 rings (SSSR count). The topological polar surface area (TPSA) is 85.2 Å². The molecule has 1 unspecified atom stereocenters. The zero-order valence-electron chi connectivity index (χ0n) is 12.3. The lowest BCUT2D eigenvalue weighted by Crippen LogP contribution is -2.37. The van der Waals surface area contributed by atoms with Crippen molar-refractivity contribution in [1.29, 1.82) is 0 Å². The number of methoxy groups -OCH3 is 1. The molecular weight excluding hydrogens is 280 g/mol. The Morgan fingerprint density at radius 1 is 1.50 bits per heavy atom. The van der Waals surface area contributed by atoms with Crippen LogP contribution >= 0.6 is 0 Å². The Labute approximate surface area is 120 Å². The van der Waals surface area contributed by atoms with Gasteiger partial charge in [-0.25, -0.2) is 13.1 Å². The number of nitrogens with one attached hydrogen (secondary N) is 2. The molecule has 7 nitrogen and oxygen atoms in total. The van der Waals surface area contributed by atoms with E-state index >= 15 is 0 Å². The number of rotatable bonds is 10. The van der Waals surface area contributed by atoms with Crippen molar-refractivity contribution in [3.63, 3.8) is 0 Å². The van der Waals surface area contributed by atoms with Crippen LogP contribution in [0.5, 0.6) is 0 Å². The molecule has 8 heteroatoms. The van der Waals surface area contributed by atoms with Gasteiger partial charge in [0.15, 0.2) is 0 Å². The summed E-state index contributed by atoms with van der Waals surface area (Å²) in [6.45, 7) is 3.82. The van der Waals surface area contributed by atoms with Crippen molar-refractivity contribution >= 4 is 10.0 Å². The summed E-state index contributed by atoms with van der Waals surface area (Å²) in [5.74, 6) is 0. The van der Waals surface area contributed by atoms with Crippen molar-refractivity contribution < 1.29 is 13.2 Å². The maximum Gasteiger partial charge on any atom is 0.244 e. The van der Waals surface area contributed by atoms with E-state index in [0.717, 1.165) is 13.0 Å². The third-order valence-corrected chi connectivity index (χ3v) is 4.39. The summed E-state index contributed by atoms with van der Waals surface area (Å²) in [5, 5.41) is 7.11. The van der Waals surface area contributed by atoms with Crippen molar-refractivity contribution in [2.24, 2.45) is 0 Å². The number of sulfonamides is 1. The number of ether oxygens (including phenoxy) is 1. The molecule has 0 amide bonds. The average molecular weight is 304 g/mol. The second-order valence-electron chi connectivity index (χ2n) is 4.58. The van der Waals surface area contributed by atoms with Gasteiger partial charge in [-0.2, -0.15) is 5.10 Å². The molecule has 116 valence electrons. The molecule has 0 aliphatic rings. The van der Waals surface area contributed by atoms with Gasteiger partial charge in [0.2, 0.25) is 10.0 Å². The fraction of sp³-hybridized carbons (Fsp3) is 0.750. The molecule has 2 N–H and O–H groups in total. The summed E-state index contributed by atoms with van der Waals surface area (Å²) >= 11 is 0. The predicted molar refractivity (Wildman–Crippen MR) is 77.0 cm³/mol. The molecule has 1 atom stereocenters. The van der Waals surface area contributed by atoms with Gasteiger partial charge in [0, 0.05) is 25.9 Å². The number of nitrogens with zero attached hydrogens (tertiary/aromatic N) is 2. The lowest BCUT2D eigenvalue weighted by molar-refractivity contribution is 0.173. The van der Waals surface area contributed by atoms with Gasteiger partial charge in [0.25, 0.3) is 0 Å². The van der Waals surface area contributed by atoms with Crippen LogP contribution in [-0.2, 0) is 21.3 Å². The molecule has 0 radical (unpaired) electrons. The van der Waals surface area contributed by atoms with E-state index in [4.69, 9.17) is 4.74 Å². The van der Waals surface area contributed by atoms with Gasteiger partial charge in [-0.05, 0) is 26.4 Å². The number of aromatic nitrogens is 2. The highest BCUT2D eigenvalue weighted by Crippen LogP contribution is 2.09. The van der Waals surface area contributed by atoms with E-state index in [9.17, 15) is 8.42 Å². The van der Waals surface area contributed by atoms with E-state index in [1.165, 1.54) is 6.20 Å². The third kappa shape index (κ3) is 5.20. The smallest absolute Gasteiger partial charge is 0.244 e. The average Bonchev–Trinajstić information content (AvgIpc) is 2.88. The molecular formula is C12H24N4O3S. The van der Waals surface area contributed by atoms with Crippen molar-refractivity contribution in [2.45, 2.75) is 37.2 Å². The Balaban J connectivity index is 2.67. The van der Waals surface area contributed by atoms with Gasteiger partial charge in [-0.3, -0.25) is 4.68 Å². The first-order valence-electron chi connectivity index (χ1n) is 6.71. The monoisotopic (exact) mass is 304 g/mol. The summed E-state index contributed by atoms with van der Waals surface area (Å²) in [5.41, 5.74) is 0. The molecule has 1 aromatic heterocycles. The third-order valence-electron chi connectivity index (χ3n) is 2.92. The van der Waals surface area contributed by atoms with Crippen LogP contribution in [0.4, 0.5) is 0 Å². The van der Waals surface area contributed by atoms with Crippen LogP contribution in [0.25, 0.3) is 0 Å². The van der Waals surface area contributed by atoms with E-state index < -0.39 is 10.0 Å². The number of hydrogen-bond donors (Lipinski definition) is 2. The quantitative estimate of drug-likeness (QED) is 0.603. The molecule has 20 heavy (non-hydrogen) atoms. The van der Waals surface area contributed by atoms with Crippen molar-refractivity contribution in [2.75, 3.05) is 27.3 Å². The van der Waals surface area contributed by atoms with E-state index in [1.54, 1.807) is 18.0 Å². The first kappa shape index (κ1) is 17.1. The van der Waals surface area contributed by atoms with Crippen LogP contribution in [0, 0.1) is 0 Å². The largest absolute Gasteiger partial charge is 0.383 e. The molecule has 0 saturated carbocycles. The first-order valence-corrected chi connectivity index (χ1v) is 8.20. The van der Waals surface area contributed by atoms with E-state index in [2.05, 4.69) is 15.1 Å². The molecule has 0 aliphatic carbocycles. The van der Waals surface area contributed by atoms with Crippen LogP contribution in [0.2, 0.25) is 0 Å². The Kier molecular flexibility index (Phi) is 7.14.